The summed E-state index contributed by atoms with van der Waals surface area (Å²) in [4.78, 5) is 0.236. The minimum atomic E-state index is -3.48. The molecule has 0 atom stereocenters. The number of nitrogens with one attached hydrogen (secondary N) is 2. The number of benzene rings is 1. The highest BCUT2D eigenvalue weighted by molar-refractivity contribution is 7.89. The molecule has 0 heterocycles. The maximum atomic E-state index is 12.3. The van der Waals surface area contributed by atoms with E-state index in [4.69, 9.17) is 11.6 Å². The van der Waals surface area contributed by atoms with Crippen LogP contribution < -0.4 is 10.0 Å². The summed E-state index contributed by atoms with van der Waals surface area (Å²) in [6, 6.07) is 4.89. The number of rotatable bonds is 8. The van der Waals surface area contributed by atoms with Crippen molar-refractivity contribution in [2.45, 2.75) is 44.0 Å². The van der Waals surface area contributed by atoms with E-state index in [-0.39, 0.29) is 10.3 Å². The molecule has 1 aliphatic rings. The third-order valence-corrected chi connectivity index (χ3v) is 5.83. The van der Waals surface area contributed by atoms with Crippen molar-refractivity contribution in [3.8, 4) is 0 Å². The van der Waals surface area contributed by atoms with Crippen LogP contribution >= 0.6 is 11.6 Å². The normalized spacial score (nSPS) is 16.9. The predicted molar refractivity (Wildman–Crippen MR) is 86.0 cm³/mol. The molecule has 0 spiro atoms. The monoisotopic (exact) mass is 330 g/mol. The quantitative estimate of drug-likeness (QED) is 0.770. The van der Waals surface area contributed by atoms with Gasteiger partial charge in [-0.3, -0.25) is 0 Å². The topological polar surface area (TPSA) is 58.2 Å². The Morgan fingerprint density at radius 1 is 1.33 bits per heavy atom. The molecule has 1 aliphatic carbocycles. The molecule has 1 aromatic carbocycles. The lowest BCUT2D eigenvalue weighted by atomic mass is 10.0. The molecular weight excluding hydrogens is 308 g/mol. The first-order valence-corrected chi connectivity index (χ1v) is 9.21. The summed E-state index contributed by atoms with van der Waals surface area (Å²) in [6.45, 7) is 3.28. The van der Waals surface area contributed by atoms with Crippen LogP contribution in [0, 0.1) is 5.41 Å². The van der Waals surface area contributed by atoms with Crippen LogP contribution in [0.1, 0.15) is 38.2 Å². The van der Waals surface area contributed by atoms with Gasteiger partial charge in [-0.25, -0.2) is 13.1 Å². The highest BCUT2D eigenvalue weighted by Gasteiger charge is 2.42. The first-order chi connectivity index (χ1) is 9.92. The first kappa shape index (κ1) is 16.7. The molecule has 2 N–H and O–H groups in total. The Bertz CT molecular complexity index is 598. The molecule has 0 saturated heterocycles. The Hall–Kier alpha value is -0.620. The van der Waals surface area contributed by atoms with Gasteiger partial charge in [0.1, 0.15) is 0 Å². The van der Waals surface area contributed by atoms with Crippen molar-refractivity contribution in [3.63, 3.8) is 0 Å². The molecule has 118 valence electrons. The van der Waals surface area contributed by atoms with Crippen molar-refractivity contribution in [1.82, 2.24) is 10.0 Å². The molecule has 0 aromatic heterocycles. The Morgan fingerprint density at radius 3 is 2.57 bits per heavy atom. The summed E-state index contributed by atoms with van der Waals surface area (Å²) in [7, 11) is -1.66. The van der Waals surface area contributed by atoms with Crippen molar-refractivity contribution < 1.29 is 8.42 Å². The highest BCUT2D eigenvalue weighted by atomic mass is 35.5. The SMILES string of the molecule is CCCC1(CNS(=O)(=O)c2ccc(CNC)c(Cl)c2)CC1. The second-order valence-electron chi connectivity index (χ2n) is 5.86. The van der Waals surface area contributed by atoms with Gasteiger partial charge in [-0.1, -0.05) is 31.0 Å². The molecule has 21 heavy (non-hydrogen) atoms. The van der Waals surface area contributed by atoms with Gasteiger partial charge in [-0.05, 0) is 49.4 Å². The summed E-state index contributed by atoms with van der Waals surface area (Å²) in [5.41, 5.74) is 1.08. The van der Waals surface area contributed by atoms with Crippen LogP contribution in [0.3, 0.4) is 0 Å². The molecule has 2 rings (SSSR count). The largest absolute Gasteiger partial charge is 0.316 e. The molecule has 1 saturated carbocycles. The van der Waals surface area contributed by atoms with E-state index in [9.17, 15) is 8.42 Å². The van der Waals surface area contributed by atoms with Gasteiger partial charge in [-0.2, -0.15) is 0 Å². The summed E-state index contributed by atoms with van der Waals surface area (Å²) in [5.74, 6) is 0. The lowest BCUT2D eigenvalue weighted by Crippen LogP contribution is -2.30. The summed E-state index contributed by atoms with van der Waals surface area (Å²) in [6.07, 6.45) is 4.40. The Balaban J connectivity index is 2.07. The maximum absolute atomic E-state index is 12.3. The summed E-state index contributed by atoms with van der Waals surface area (Å²) in [5, 5.41) is 3.47. The standard InChI is InChI=1S/C15H23ClN2O2S/c1-3-6-15(7-8-15)11-18-21(19,20)13-5-4-12(10-17-2)14(16)9-13/h4-5,9,17-18H,3,6-8,10-11H2,1-2H3. The molecule has 1 fully saturated rings. The van der Waals surface area contributed by atoms with E-state index in [0.717, 1.165) is 31.2 Å². The third kappa shape index (κ3) is 4.19. The van der Waals surface area contributed by atoms with Gasteiger partial charge in [-0.15, -0.1) is 0 Å². The average molecular weight is 331 g/mol. The first-order valence-electron chi connectivity index (χ1n) is 7.35. The number of hydrogen-bond acceptors (Lipinski definition) is 3. The second kappa shape index (κ2) is 6.65. The van der Waals surface area contributed by atoms with E-state index in [2.05, 4.69) is 17.0 Å². The zero-order chi connectivity index (χ0) is 15.5. The van der Waals surface area contributed by atoms with E-state index in [1.165, 1.54) is 6.07 Å². The molecule has 4 nitrogen and oxygen atoms in total. The van der Waals surface area contributed by atoms with Crippen LogP contribution in [0.15, 0.2) is 23.1 Å². The number of sulfonamides is 1. The minimum absolute atomic E-state index is 0.192. The minimum Gasteiger partial charge on any atom is -0.316 e. The van der Waals surface area contributed by atoms with Crippen molar-refractivity contribution in [3.05, 3.63) is 28.8 Å². The van der Waals surface area contributed by atoms with Crippen molar-refractivity contribution >= 4 is 21.6 Å². The van der Waals surface area contributed by atoms with E-state index in [1.807, 2.05) is 7.05 Å². The van der Waals surface area contributed by atoms with Crippen LogP contribution in [-0.4, -0.2) is 22.0 Å². The Kier molecular flexibility index (Phi) is 5.30. The lowest BCUT2D eigenvalue weighted by molar-refractivity contribution is 0.449. The molecule has 1 aromatic rings. The number of halogens is 1. The van der Waals surface area contributed by atoms with Crippen LogP contribution in [0.5, 0.6) is 0 Å². The number of hydrogen-bond donors (Lipinski definition) is 2. The fourth-order valence-corrected chi connectivity index (χ4v) is 4.08. The zero-order valence-electron chi connectivity index (χ0n) is 12.6. The maximum Gasteiger partial charge on any atom is 0.240 e. The summed E-state index contributed by atoms with van der Waals surface area (Å²) < 4.78 is 27.4. The lowest BCUT2D eigenvalue weighted by Gasteiger charge is -2.15. The molecule has 6 heteroatoms. The van der Waals surface area contributed by atoms with E-state index < -0.39 is 10.0 Å². The fourth-order valence-electron chi connectivity index (χ4n) is 2.58. The van der Waals surface area contributed by atoms with E-state index >= 15 is 0 Å². The average Bonchev–Trinajstić information content (AvgIpc) is 3.20. The predicted octanol–water partition coefficient (Wildman–Crippen LogP) is 2.92. The van der Waals surface area contributed by atoms with Crippen molar-refractivity contribution in [2.75, 3.05) is 13.6 Å². The molecule has 0 radical (unpaired) electrons. The molecular formula is C15H23ClN2O2S. The highest BCUT2D eigenvalue weighted by Crippen LogP contribution is 2.49. The molecule has 0 amide bonds. The van der Waals surface area contributed by atoms with Gasteiger partial charge in [0, 0.05) is 18.1 Å². The van der Waals surface area contributed by atoms with Gasteiger partial charge >= 0.3 is 0 Å². The smallest absolute Gasteiger partial charge is 0.240 e. The van der Waals surface area contributed by atoms with Crippen LogP contribution in [0.2, 0.25) is 5.02 Å². The van der Waals surface area contributed by atoms with Gasteiger partial charge in [0.05, 0.1) is 4.90 Å². The van der Waals surface area contributed by atoms with Gasteiger partial charge in [0.15, 0.2) is 0 Å². The van der Waals surface area contributed by atoms with E-state index in [0.29, 0.717) is 18.1 Å². The second-order valence-corrected chi connectivity index (χ2v) is 8.03. The Labute approximate surface area is 132 Å². The zero-order valence-corrected chi connectivity index (χ0v) is 14.1. The molecule has 0 unspecified atom stereocenters. The third-order valence-electron chi connectivity index (χ3n) is 4.08. The van der Waals surface area contributed by atoms with Crippen LogP contribution in [0.4, 0.5) is 0 Å². The van der Waals surface area contributed by atoms with Crippen LogP contribution in [-0.2, 0) is 16.6 Å². The molecule has 0 aliphatic heterocycles. The van der Waals surface area contributed by atoms with Crippen molar-refractivity contribution in [1.29, 1.82) is 0 Å². The van der Waals surface area contributed by atoms with Crippen LogP contribution in [0.25, 0.3) is 0 Å². The van der Waals surface area contributed by atoms with Gasteiger partial charge < -0.3 is 5.32 Å². The fraction of sp³-hybridized carbons (Fsp3) is 0.600. The Morgan fingerprint density at radius 2 is 2.05 bits per heavy atom. The van der Waals surface area contributed by atoms with Gasteiger partial charge in [0.2, 0.25) is 10.0 Å². The van der Waals surface area contributed by atoms with Gasteiger partial charge in [0.25, 0.3) is 0 Å². The van der Waals surface area contributed by atoms with Crippen molar-refractivity contribution in [2.24, 2.45) is 5.41 Å². The summed E-state index contributed by atoms with van der Waals surface area (Å²) >= 11 is 6.13. The van der Waals surface area contributed by atoms with E-state index in [1.54, 1.807) is 12.1 Å². The molecule has 0 bridgehead atoms.